The van der Waals surface area contributed by atoms with Crippen LogP contribution >= 0.6 is 0 Å². The maximum atomic E-state index is 13.2. The highest BCUT2D eigenvalue weighted by Gasteiger charge is 2.59. The normalized spacial score (nSPS) is 47.4. The molecule has 0 saturated heterocycles. The second-order valence-electron chi connectivity index (χ2n) is 9.32. The van der Waals surface area contributed by atoms with Gasteiger partial charge in [-0.05, 0) is 73.5 Å². The van der Waals surface area contributed by atoms with Gasteiger partial charge in [0, 0.05) is 12.3 Å². The summed E-state index contributed by atoms with van der Waals surface area (Å²) < 4.78 is 0. The highest BCUT2D eigenvalue weighted by Crippen LogP contribution is 2.63. The minimum atomic E-state index is 0.253. The summed E-state index contributed by atoms with van der Waals surface area (Å²) in [6, 6.07) is 0. The van der Waals surface area contributed by atoms with Crippen LogP contribution in [0.5, 0.6) is 0 Å². The number of Topliss-reactive ketones (excluding diaryl/α,β-unsaturated/α-hetero) is 1. The quantitative estimate of drug-likeness (QED) is 0.459. The predicted molar refractivity (Wildman–Crippen MR) is 102 cm³/mol. The van der Waals surface area contributed by atoms with Crippen LogP contribution in [-0.4, -0.2) is 5.78 Å². The molecule has 6 atom stereocenters. The summed E-state index contributed by atoms with van der Waals surface area (Å²) in [5.41, 5.74) is 0.586. The summed E-state index contributed by atoms with van der Waals surface area (Å²) in [4.78, 5) is 13.2. The van der Waals surface area contributed by atoms with Crippen LogP contribution in [0.25, 0.3) is 0 Å². The van der Waals surface area contributed by atoms with Crippen molar-refractivity contribution in [1.82, 2.24) is 0 Å². The topological polar surface area (TPSA) is 17.1 Å². The van der Waals surface area contributed by atoms with Gasteiger partial charge in [0.2, 0.25) is 0 Å². The number of allylic oxidation sites excluding steroid dienone is 2. The fourth-order valence-corrected chi connectivity index (χ4v) is 7.09. The van der Waals surface area contributed by atoms with Crippen molar-refractivity contribution < 1.29 is 4.79 Å². The molecule has 3 saturated carbocycles. The molecule has 1 heteroatoms. The number of fused-ring (bicyclic) bond motifs is 5. The second kappa shape index (κ2) is 6.96. The molecular formula is C23H38O. The third-order valence-corrected chi connectivity index (χ3v) is 8.17. The minimum Gasteiger partial charge on any atom is -0.299 e. The first-order valence-corrected chi connectivity index (χ1v) is 10.7. The number of hydrogen-bond acceptors (Lipinski definition) is 1. The van der Waals surface area contributed by atoms with Crippen LogP contribution in [0, 0.1) is 34.5 Å². The largest absolute Gasteiger partial charge is 0.299 e. The Morgan fingerprint density at radius 3 is 2.58 bits per heavy atom. The molecule has 136 valence electrons. The van der Waals surface area contributed by atoms with Crippen molar-refractivity contribution in [3.8, 4) is 0 Å². The van der Waals surface area contributed by atoms with Gasteiger partial charge in [-0.2, -0.15) is 0 Å². The van der Waals surface area contributed by atoms with E-state index >= 15 is 0 Å². The summed E-state index contributed by atoms with van der Waals surface area (Å²) in [7, 11) is 0. The van der Waals surface area contributed by atoms with Crippen LogP contribution in [0.15, 0.2) is 12.2 Å². The molecule has 3 fully saturated rings. The molecule has 1 nitrogen and oxygen atoms in total. The molecule has 0 bridgehead atoms. The van der Waals surface area contributed by atoms with Crippen molar-refractivity contribution in [2.45, 2.75) is 91.9 Å². The third kappa shape index (κ3) is 2.80. The van der Waals surface area contributed by atoms with Crippen LogP contribution in [0.2, 0.25) is 0 Å². The van der Waals surface area contributed by atoms with E-state index in [-0.39, 0.29) is 5.41 Å². The lowest BCUT2D eigenvalue weighted by Gasteiger charge is -2.60. The van der Waals surface area contributed by atoms with Crippen LogP contribution in [0.3, 0.4) is 0 Å². The van der Waals surface area contributed by atoms with Crippen molar-refractivity contribution in [3.05, 3.63) is 12.2 Å². The Balaban J connectivity index is 0.000000815. The van der Waals surface area contributed by atoms with Gasteiger partial charge >= 0.3 is 0 Å². The van der Waals surface area contributed by atoms with Crippen molar-refractivity contribution in [1.29, 1.82) is 0 Å². The molecule has 4 rings (SSSR count). The van der Waals surface area contributed by atoms with Gasteiger partial charge in [0.15, 0.2) is 0 Å². The Kier molecular flexibility index (Phi) is 5.28. The van der Waals surface area contributed by atoms with Gasteiger partial charge in [0.25, 0.3) is 0 Å². The molecule has 4 aliphatic carbocycles. The number of carbonyl (C=O) groups excluding carboxylic acids is 1. The van der Waals surface area contributed by atoms with Gasteiger partial charge in [-0.1, -0.05) is 52.7 Å². The van der Waals surface area contributed by atoms with Gasteiger partial charge in [0.05, 0.1) is 0 Å². The van der Waals surface area contributed by atoms with E-state index in [1.165, 1.54) is 51.4 Å². The number of rotatable bonds is 0. The van der Waals surface area contributed by atoms with E-state index in [0.717, 1.165) is 24.7 Å². The smallest absolute Gasteiger partial charge is 0.137 e. The van der Waals surface area contributed by atoms with Crippen LogP contribution in [-0.2, 0) is 4.79 Å². The van der Waals surface area contributed by atoms with Gasteiger partial charge in [-0.3, -0.25) is 4.79 Å². The molecular weight excluding hydrogens is 292 g/mol. The predicted octanol–water partition coefficient (Wildman–Crippen LogP) is 6.57. The summed E-state index contributed by atoms with van der Waals surface area (Å²) in [6.07, 6.45) is 17.4. The van der Waals surface area contributed by atoms with Gasteiger partial charge in [-0.25, -0.2) is 0 Å². The van der Waals surface area contributed by atoms with E-state index < -0.39 is 0 Å². The molecule has 24 heavy (non-hydrogen) atoms. The van der Waals surface area contributed by atoms with Gasteiger partial charge < -0.3 is 0 Å². The van der Waals surface area contributed by atoms with Crippen molar-refractivity contribution in [2.75, 3.05) is 0 Å². The lowest BCUT2D eigenvalue weighted by molar-refractivity contribution is -0.157. The Morgan fingerprint density at radius 1 is 1.00 bits per heavy atom. The van der Waals surface area contributed by atoms with E-state index in [4.69, 9.17) is 0 Å². The Morgan fingerprint density at radius 2 is 1.79 bits per heavy atom. The molecule has 4 aliphatic rings. The van der Waals surface area contributed by atoms with Crippen LogP contribution < -0.4 is 0 Å². The molecule has 0 amide bonds. The number of ketones is 1. The Bertz CT molecular complexity index is 492. The maximum Gasteiger partial charge on any atom is 0.137 e. The highest BCUT2D eigenvalue weighted by atomic mass is 16.1. The summed E-state index contributed by atoms with van der Waals surface area (Å²) >= 11 is 0. The average Bonchev–Trinajstić information content (AvgIpc) is 2.76. The SMILES string of the molecule is CC.CC12CC=CCCC1C1CCC3CCCCC3(C)C1C(=O)C2. The fraction of sp³-hybridized carbons (Fsp3) is 0.870. The zero-order chi connectivity index (χ0) is 17.4. The molecule has 0 aromatic heterocycles. The number of hydrogen-bond donors (Lipinski definition) is 0. The molecule has 6 unspecified atom stereocenters. The van der Waals surface area contributed by atoms with Gasteiger partial charge in [0.1, 0.15) is 5.78 Å². The van der Waals surface area contributed by atoms with Crippen LogP contribution in [0.4, 0.5) is 0 Å². The van der Waals surface area contributed by atoms with E-state index in [1.807, 2.05) is 13.8 Å². The summed E-state index contributed by atoms with van der Waals surface area (Å²) in [5, 5.41) is 0. The Hall–Kier alpha value is -0.590. The molecule has 0 N–H and O–H groups in total. The summed E-state index contributed by atoms with van der Waals surface area (Å²) in [6.45, 7) is 8.90. The standard InChI is InChI=1S/C21H32O.C2H6/c1-20-12-6-3-4-9-17(20)16-11-10-15-8-5-7-13-21(15,2)19(16)18(22)14-20;1-2/h3,6,15-17,19H,4-5,7-14H2,1-2H3;1-2H3. The first-order chi connectivity index (χ1) is 11.5. The van der Waals surface area contributed by atoms with Gasteiger partial charge in [-0.15, -0.1) is 0 Å². The van der Waals surface area contributed by atoms with Crippen molar-refractivity contribution in [2.24, 2.45) is 34.5 Å². The van der Waals surface area contributed by atoms with E-state index in [2.05, 4.69) is 26.0 Å². The molecule has 0 aliphatic heterocycles. The monoisotopic (exact) mass is 330 g/mol. The lowest BCUT2D eigenvalue weighted by Crippen LogP contribution is -2.56. The third-order valence-electron chi connectivity index (χ3n) is 8.17. The van der Waals surface area contributed by atoms with Crippen LogP contribution in [0.1, 0.15) is 91.9 Å². The zero-order valence-electron chi connectivity index (χ0n) is 16.4. The molecule has 0 radical (unpaired) electrons. The highest BCUT2D eigenvalue weighted by molar-refractivity contribution is 5.84. The lowest BCUT2D eigenvalue weighted by atomic mass is 9.44. The second-order valence-corrected chi connectivity index (χ2v) is 9.32. The number of carbonyl (C=O) groups is 1. The molecule has 0 heterocycles. The minimum absolute atomic E-state index is 0.253. The summed E-state index contributed by atoms with van der Waals surface area (Å²) in [5.74, 6) is 3.32. The zero-order valence-corrected chi connectivity index (χ0v) is 16.4. The van der Waals surface area contributed by atoms with Crippen molar-refractivity contribution in [3.63, 3.8) is 0 Å². The van der Waals surface area contributed by atoms with Crippen molar-refractivity contribution >= 4 is 5.78 Å². The first-order valence-electron chi connectivity index (χ1n) is 10.7. The molecule has 0 spiro atoms. The van der Waals surface area contributed by atoms with E-state index in [1.54, 1.807) is 0 Å². The molecule has 0 aromatic rings. The first kappa shape index (κ1) is 18.2. The average molecular weight is 331 g/mol. The van der Waals surface area contributed by atoms with E-state index in [0.29, 0.717) is 23.0 Å². The Labute approximate surface area is 149 Å². The maximum absolute atomic E-state index is 13.2. The fourth-order valence-electron chi connectivity index (χ4n) is 7.09. The van der Waals surface area contributed by atoms with E-state index in [9.17, 15) is 4.79 Å². The molecule has 0 aromatic carbocycles.